The summed E-state index contributed by atoms with van der Waals surface area (Å²) in [6, 6.07) is 28.0. The Morgan fingerprint density at radius 2 is 1.68 bits per heavy atom. The van der Waals surface area contributed by atoms with Gasteiger partial charge in [0, 0.05) is 17.8 Å². The second-order valence-electron chi connectivity index (χ2n) is 8.09. The van der Waals surface area contributed by atoms with Gasteiger partial charge in [-0.05, 0) is 30.3 Å². The molecule has 0 saturated heterocycles. The van der Waals surface area contributed by atoms with Crippen LogP contribution in [0.4, 0.5) is 11.0 Å². The molecule has 0 unspecified atom stereocenters. The van der Waals surface area contributed by atoms with Crippen LogP contribution in [0.5, 0.6) is 0 Å². The zero-order chi connectivity index (χ0) is 25.4. The summed E-state index contributed by atoms with van der Waals surface area (Å²) in [5.74, 6) is 1.02. The van der Waals surface area contributed by atoms with Gasteiger partial charge in [0.25, 0.3) is 5.56 Å². The molecule has 3 heterocycles. The molecule has 0 aliphatic heterocycles. The molecule has 3 aromatic carbocycles. The van der Waals surface area contributed by atoms with Crippen LogP contribution in [0.15, 0.2) is 119 Å². The Bertz CT molecular complexity index is 1790. The molecule has 0 aliphatic rings. The van der Waals surface area contributed by atoms with Crippen molar-refractivity contribution in [2.24, 2.45) is 0 Å². The van der Waals surface area contributed by atoms with E-state index in [4.69, 9.17) is 26.0 Å². The fourth-order valence-corrected chi connectivity index (χ4v) is 5.46. The maximum absolute atomic E-state index is 13.9. The van der Waals surface area contributed by atoms with Crippen molar-refractivity contribution in [3.05, 3.63) is 125 Å². The fourth-order valence-electron chi connectivity index (χ4n) is 4.17. The number of benzene rings is 3. The Kier molecular flexibility index (Phi) is 5.92. The lowest BCUT2D eigenvalue weighted by Crippen LogP contribution is -2.22. The largest absolute Gasteiger partial charge is 0.448 e. The van der Waals surface area contributed by atoms with E-state index < -0.39 is 0 Å². The van der Waals surface area contributed by atoms with Crippen LogP contribution in [0.3, 0.4) is 0 Å². The molecule has 8 heteroatoms. The van der Waals surface area contributed by atoms with E-state index in [9.17, 15) is 4.79 Å². The van der Waals surface area contributed by atoms with Gasteiger partial charge in [-0.15, -0.1) is 0 Å². The van der Waals surface area contributed by atoms with Gasteiger partial charge in [0.2, 0.25) is 5.88 Å². The second kappa shape index (κ2) is 9.54. The molecule has 0 saturated carbocycles. The van der Waals surface area contributed by atoms with Crippen LogP contribution in [0, 0.1) is 0 Å². The van der Waals surface area contributed by atoms with Crippen LogP contribution in [0.25, 0.3) is 38.5 Å². The first kappa shape index (κ1) is 23.0. The van der Waals surface area contributed by atoms with Crippen molar-refractivity contribution in [1.29, 1.82) is 0 Å². The van der Waals surface area contributed by atoms with Crippen LogP contribution < -0.4 is 10.5 Å². The van der Waals surface area contributed by atoms with Gasteiger partial charge in [-0.3, -0.25) is 14.3 Å². The number of hydrogen-bond donors (Lipinski definition) is 0. The number of para-hydroxylation sites is 2. The standard InChI is InChI=1S/C29H19ClN4O2S/c1-2-33(24-17-10-18-36-24)29-32-25(19-11-4-3-5-12-19)26(37-29)27-31-22-15-8-6-13-20(22)28(35)34(27)23-16-9-7-14-21(23)30/h2-18H,1H2. The molecule has 0 radical (unpaired) electrons. The molecule has 0 spiro atoms. The lowest BCUT2D eigenvalue weighted by atomic mass is 10.1. The molecule has 0 N–H and O–H groups in total. The maximum Gasteiger partial charge on any atom is 0.266 e. The SMILES string of the molecule is C=CN(c1ccco1)c1nc(-c2ccccc2)c(-c2nc3ccccc3c(=O)n2-c2ccccc2Cl)s1. The summed E-state index contributed by atoms with van der Waals surface area (Å²) in [7, 11) is 0. The van der Waals surface area contributed by atoms with Crippen LogP contribution in [0.2, 0.25) is 5.02 Å². The predicted molar refractivity (Wildman–Crippen MR) is 150 cm³/mol. The monoisotopic (exact) mass is 522 g/mol. The number of fused-ring (bicyclic) bond motifs is 1. The van der Waals surface area contributed by atoms with Crippen LogP contribution in [-0.4, -0.2) is 14.5 Å². The Balaban J connectivity index is 1.70. The van der Waals surface area contributed by atoms with Crippen LogP contribution in [0.1, 0.15) is 0 Å². The van der Waals surface area contributed by atoms with E-state index >= 15 is 0 Å². The van der Waals surface area contributed by atoms with Gasteiger partial charge in [0.1, 0.15) is 4.88 Å². The molecule has 0 fully saturated rings. The van der Waals surface area contributed by atoms with Gasteiger partial charge < -0.3 is 4.42 Å². The highest BCUT2D eigenvalue weighted by atomic mass is 35.5. The molecule has 6 rings (SSSR count). The minimum absolute atomic E-state index is 0.214. The number of aromatic nitrogens is 3. The van der Waals surface area contributed by atoms with Crippen molar-refractivity contribution in [3.8, 4) is 27.6 Å². The molecular weight excluding hydrogens is 504 g/mol. The number of hydrogen-bond acceptors (Lipinski definition) is 6. The highest BCUT2D eigenvalue weighted by molar-refractivity contribution is 7.19. The smallest absolute Gasteiger partial charge is 0.266 e. The lowest BCUT2D eigenvalue weighted by molar-refractivity contribution is 0.573. The van der Waals surface area contributed by atoms with Crippen molar-refractivity contribution in [2.75, 3.05) is 4.90 Å². The van der Waals surface area contributed by atoms with Crippen molar-refractivity contribution in [3.63, 3.8) is 0 Å². The van der Waals surface area contributed by atoms with Crippen LogP contribution in [-0.2, 0) is 0 Å². The summed E-state index contributed by atoms with van der Waals surface area (Å²) in [5.41, 5.74) is 2.49. The topological polar surface area (TPSA) is 64.2 Å². The van der Waals surface area contributed by atoms with E-state index in [0.29, 0.717) is 49.0 Å². The normalized spacial score (nSPS) is 11.1. The molecule has 0 atom stereocenters. The molecule has 6 aromatic rings. The minimum Gasteiger partial charge on any atom is -0.448 e. The molecule has 3 aromatic heterocycles. The first-order valence-corrected chi connectivity index (χ1v) is 12.6. The van der Waals surface area contributed by atoms with E-state index in [1.807, 2.05) is 72.8 Å². The van der Waals surface area contributed by atoms with Gasteiger partial charge in [-0.1, -0.05) is 84.1 Å². The van der Waals surface area contributed by atoms with Gasteiger partial charge in [-0.25, -0.2) is 9.97 Å². The molecule has 180 valence electrons. The third kappa shape index (κ3) is 4.04. The van der Waals surface area contributed by atoms with Crippen molar-refractivity contribution < 1.29 is 4.42 Å². The van der Waals surface area contributed by atoms with Gasteiger partial charge in [-0.2, -0.15) is 0 Å². The van der Waals surface area contributed by atoms with E-state index in [-0.39, 0.29) is 5.56 Å². The van der Waals surface area contributed by atoms with E-state index in [2.05, 4.69) is 6.58 Å². The molecule has 0 amide bonds. The Morgan fingerprint density at radius 3 is 2.43 bits per heavy atom. The molecule has 0 aliphatic carbocycles. The Morgan fingerprint density at radius 1 is 0.919 bits per heavy atom. The molecule has 0 bridgehead atoms. The van der Waals surface area contributed by atoms with Crippen molar-refractivity contribution in [2.45, 2.75) is 0 Å². The average molecular weight is 523 g/mol. The molecule has 37 heavy (non-hydrogen) atoms. The van der Waals surface area contributed by atoms with E-state index in [0.717, 1.165) is 5.56 Å². The average Bonchev–Trinajstić information content (AvgIpc) is 3.62. The quantitative estimate of drug-likeness (QED) is 0.224. The number of nitrogens with zero attached hydrogens (tertiary/aromatic N) is 4. The summed E-state index contributed by atoms with van der Waals surface area (Å²) in [5, 5.41) is 1.56. The van der Waals surface area contributed by atoms with Gasteiger partial charge >= 0.3 is 0 Å². The summed E-state index contributed by atoms with van der Waals surface area (Å²) in [6.07, 6.45) is 3.24. The predicted octanol–water partition coefficient (Wildman–Crippen LogP) is 7.70. The third-order valence-corrected chi connectivity index (χ3v) is 7.24. The number of thiazole rings is 1. The van der Waals surface area contributed by atoms with Crippen molar-refractivity contribution in [1.82, 2.24) is 14.5 Å². The Labute approximate surface area is 221 Å². The van der Waals surface area contributed by atoms with Gasteiger partial charge in [0.15, 0.2) is 11.0 Å². The zero-order valence-corrected chi connectivity index (χ0v) is 21.0. The molecule has 6 nitrogen and oxygen atoms in total. The van der Waals surface area contributed by atoms with Gasteiger partial charge in [0.05, 0.1) is 33.6 Å². The summed E-state index contributed by atoms with van der Waals surface area (Å²) in [6.45, 7) is 3.95. The summed E-state index contributed by atoms with van der Waals surface area (Å²) < 4.78 is 7.19. The first-order chi connectivity index (χ1) is 18.2. The maximum atomic E-state index is 13.9. The van der Waals surface area contributed by atoms with Crippen LogP contribution >= 0.6 is 22.9 Å². The number of anilines is 2. The van der Waals surface area contributed by atoms with Crippen molar-refractivity contribution >= 4 is 44.9 Å². The highest BCUT2D eigenvalue weighted by Crippen LogP contribution is 2.42. The number of furan rings is 1. The number of halogens is 1. The fraction of sp³-hybridized carbons (Fsp3) is 0. The zero-order valence-electron chi connectivity index (χ0n) is 19.4. The lowest BCUT2D eigenvalue weighted by Gasteiger charge is -2.15. The highest BCUT2D eigenvalue weighted by Gasteiger charge is 2.25. The Hall–Kier alpha value is -4.46. The van der Waals surface area contributed by atoms with E-state index in [1.165, 1.54) is 11.3 Å². The summed E-state index contributed by atoms with van der Waals surface area (Å²) >= 11 is 8.00. The summed E-state index contributed by atoms with van der Waals surface area (Å²) in [4.78, 5) is 26.3. The molecular formula is C29H19ClN4O2S. The first-order valence-electron chi connectivity index (χ1n) is 11.4. The third-order valence-electron chi connectivity index (χ3n) is 5.87. The number of rotatable bonds is 6. The minimum atomic E-state index is -0.214. The van der Waals surface area contributed by atoms with E-state index in [1.54, 1.807) is 40.1 Å². The second-order valence-corrected chi connectivity index (χ2v) is 9.47.